The van der Waals surface area contributed by atoms with Gasteiger partial charge in [0.25, 0.3) is 0 Å². The van der Waals surface area contributed by atoms with Gasteiger partial charge < -0.3 is 14.2 Å². The quantitative estimate of drug-likeness (QED) is 0.559. The maximum atomic E-state index is 12.3. The third-order valence-electron chi connectivity index (χ3n) is 4.93. The Kier molecular flexibility index (Phi) is 4.69. The summed E-state index contributed by atoms with van der Waals surface area (Å²) in [6.07, 6.45) is 5.01. The van der Waals surface area contributed by atoms with E-state index < -0.39 is 0 Å². The smallest absolute Gasteiger partial charge is 0.224 e. The average Bonchev–Trinajstić information content (AvgIpc) is 3.25. The van der Waals surface area contributed by atoms with E-state index in [-0.39, 0.29) is 5.91 Å². The van der Waals surface area contributed by atoms with E-state index in [0.717, 1.165) is 45.2 Å². The van der Waals surface area contributed by atoms with E-state index in [4.69, 9.17) is 9.51 Å². The first-order valence-electron chi connectivity index (χ1n) is 9.27. The molecule has 4 rings (SSSR count). The van der Waals surface area contributed by atoms with Crippen LogP contribution in [0.1, 0.15) is 29.0 Å². The predicted molar refractivity (Wildman–Crippen MR) is 108 cm³/mol. The van der Waals surface area contributed by atoms with Crippen LogP contribution in [0.25, 0.3) is 16.9 Å². The molecule has 6 heteroatoms. The van der Waals surface area contributed by atoms with Crippen molar-refractivity contribution >= 4 is 17.2 Å². The number of pyridine rings is 1. The number of benzene rings is 1. The van der Waals surface area contributed by atoms with Gasteiger partial charge in [0.2, 0.25) is 5.91 Å². The lowest BCUT2D eigenvalue weighted by Crippen LogP contribution is -2.12. The van der Waals surface area contributed by atoms with Gasteiger partial charge in [0.05, 0.1) is 11.4 Å². The molecule has 4 aromatic rings. The van der Waals surface area contributed by atoms with Crippen molar-refractivity contribution in [3.05, 3.63) is 71.4 Å². The van der Waals surface area contributed by atoms with Crippen LogP contribution in [-0.4, -0.2) is 20.4 Å². The highest BCUT2D eigenvalue weighted by atomic mass is 16.5. The summed E-state index contributed by atoms with van der Waals surface area (Å²) < 4.78 is 7.16. The Morgan fingerprint density at radius 2 is 1.93 bits per heavy atom. The van der Waals surface area contributed by atoms with Crippen molar-refractivity contribution in [2.75, 3.05) is 5.32 Å². The molecule has 1 amide bonds. The van der Waals surface area contributed by atoms with E-state index in [1.807, 2.05) is 74.0 Å². The number of amides is 1. The Labute approximate surface area is 163 Å². The second-order valence-electron chi connectivity index (χ2n) is 6.98. The molecule has 0 spiro atoms. The summed E-state index contributed by atoms with van der Waals surface area (Å²) in [5.74, 6) is 0.744. The van der Waals surface area contributed by atoms with E-state index in [1.54, 1.807) is 0 Å². The van der Waals surface area contributed by atoms with Gasteiger partial charge in [-0.2, -0.15) is 0 Å². The standard InChI is InChI=1S/C22H22N4O2/c1-14-5-4-12-26-13-20(24-22(14)26)17-6-8-18(9-7-17)23-21(27)11-10-19-15(2)25-28-16(19)3/h4-9,12-13H,10-11H2,1-3H3,(H,23,27). The van der Waals surface area contributed by atoms with Crippen molar-refractivity contribution in [3.8, 4) is 11.3 Å². The number of hydrogen-bond acceptors (Lipinski definition) is 4. The van der Waals surface area contributed by atoms with E-state index in [9.17, 15) is 4.79 Å². The van der Waals surface area contributed by atoms with Crippen LogP contribution < -0.4 is 5.32 Å². The molecular weight excluding hydrogens is 352 g/mol. The highest BCUT2D eigenvalue weighted by Crippen LogP contribution is 2.23. The van der Waals surface area contributed by atoms with Gasteiger partial charge in [-0.05, 0) is 51.0 Å². The molecule has 0 atom stereocenters. The summed E-state index contributed by atoms with van der Waals surface area (Å²) in [7, 11) is 0. The fraction of sp³-hybridized carbons (Fsp3) is 0.227. The zero-order chi connectivity index (χ0) is 19.7. The molecule has 28 heavy (non-hydrogen) atoms. The molecule has 0 aliphatic heterocycles. The lowest BCUT2D eigenvalue weighted by Gasteiger charge is -2.06. The van der Waals surface area contributed by atoms with Gasteiger partial charge in [0.1, 0.15) is 11.4 Å². The average molecular weight is 374 g/mol. The molecule has 0 bridgehead atoms. The summed E-state index contributed by atoms with van der Waals surface area (Å²) in [4.78, 5) is 17.0. The van der Waals surface area contributed by atoms with Crippen LogP contribution in [0.5, 0.6) is 0 Å². The van der Waals surface area contributed by atoms with Crippen molar-refractivity contribution in [1.82, 2.24) is 14.5 Å². The Hall–Kier alpha value is -3.41. The number of carbonyl (C=O) groups excluding carboxylic acids is 1. The Morgan fingerprint density at radius 1 is 1.14 bits per heavy atom. The third kappa shape index (κ3) is 3.53. The second-order valence-corrected chi connectivity index (χ2v) is 6.98. The third-order valence-corrected chi connectivity index (χ3v) is 4.93. The van der Waals surface area contributed by atoms with Gasteiger partial charge >= 0.3 is 0 Å². The first kappa shape index (κ1) is 18.0. The largest absolute Gasteiger partial charge is 0.361 e. The minimum Gasteiger partial charge on any atom is -0.361 e. The molecule has 3 aromatic heterocycles. The van der Waals surface area contributed by atoms with Crippen LogP contribution >= 0.6 is 0 Å². The maximum absolute atomic E-state index is 12.3. The first-order valence-corrected chi connectivity index (χ1v) is 9.27. The monoisotopic (exact) mass is 374 g/mol. The van der Waals surface area contributed by atoms with Crippen LogP contribution in [0.4, 0.5) is 5.69 Å². The lowest BCUT2D eigenvalue weighted by atomic mass is 10.1. The number of imidazole rings is 1. The Balaban J connectivity index is 1.42. The summed E-state index contributed by atoms with van der Waals surface area (Å²) in [5, 5.41) is 6.87. The van der Waals surface area contributed by atoms with Crippen LogP contribution in [0, 0.1) is 20.8 Å². The molecule has 1 N–H and O–H groups in total. The molecule has 0 aliphatic rings. The summed E-state index contributed by atoms with van der Waals surface area (Å²) in [6, 6.07) is 11.8. The van der Waals surface area contributed by atoms with E-state index in [0.29, 0.717) is 12.8 Å². The molecular formula is C22H22N4O2. The number of hydrogen-bond donors (Lipinski definition) is 1. The molecule has 0 saturated carbocycles. The van der Waals surface area contributed by atoms with Crippen molar-refractivity contribution in [2.45, 2.75) is 33.6 Å². The van der Waals surface area contributed by atoms with Gasteiger partial charge in [0.15, 0.2) is 0 Å². The number of nitrogens with zero attached hydrogens (tertiary/aromatic N) is 3. The van der Waals surface area contributed by atoms with Gasteiger partial charge in [0, 0.05) is 35.6 Å². The van der Waals surface area contributed by atoms with Gasteiger partial charge in [-0.25, -0.2) is 4.98 Å². The highest BCUT2D eigenvalue weighted by Gasteiger charge is 2.12. The van der Waals surface area contributed by atoms with Crippen LogP contribution in [0.2, 0.25) is 0 Å². The number of carbonyl (C=O) groups is 1. The predicted octanol–water partition coefficient (Wildman–Crippen LogP) is 4.49. The van der Waals surface area contributed by atoms with E-state index in [2.05, 4.69) is 10.5 Å². The minimum atomic E-state index is -0.0314. The number of fused-ring (bicyclic) bond motifs is 1. The number of nitrogens with one attached hydrogen (secondary N) is 1. The van der Waals surface area contributed by atoms with Gasteiger partial charge in [-0.3, -0.25) is 4.79 Å². The fourth-order valence-corrected chi connectivity index (χ4v) is 3.34. The summed E-state index contributed by atoms with van der Waals surface area (Å²) in [5.41, 5.74) is 6.63. The minimum absolute atomic E-state index is 0.0314. The topological polar surface area (TPSA) is 72.4 Å². The van der Waals surface area contributed by atoms with Crippen molar-refractivity contribution in [3.63, 3.8) is 0 Å². The van der Waals surface area contributed by atoms with Gasteiger partial charge in [-0.15, -0.1) is 0 Å². The van der Waals surface area contributed by atoms with Crippen LogP contribution in [0.3, 0.4) is 0 Å². The Bertz CT molecular complexity index is 1120. The molecule has 6 nitrogen and oxygen atoms in total. The fourth-order valence-electron chi connectivity index (χ4n) is 3.34. The second kappa shape index (κ2) is 7.31. The van der Waals surface area contributed by atoms with Crippen LogP contribution in [-0.2, 0) is 11.2 Å². The molecule has 1 aromatic carbocycles. The number of aromatic nitrogens is 3. The molecule has 0 radical (unpaired) electrons. The molecule has 142 valence electrons. The molecule has 0 fully saturated rings. The zero-order valence-corrected chi connectivity index (χ0v) is 16.2. The van der Waals surface area contributed by atoms with Crippen molar-refractivity contribution in [2.24, 2.45) is 0 Å². The maximum Gasteiger partial charge on any atom is 0.224 e. The molecule has 0 saturated heterocycles. The number of rotatable bonds is 5. The number of aryl methyl sites for hydroxylation is 3. The molecule has 0 unspecified atom stereocenters. The SMILES string of the molecule is Cc1noc(C)c1CCC(=O)Nc1ccc(-c2cn3cccc(C)c3n2)cc1. The Morgan fingerprint density at radius 3 is 2.61 bits per heavy atom. The highest BCUT2D eigenvalue weighted by molar-refractivity contribution is 5.91. The lowest BCUT2D eigenvalue weighted by molar-refractivity contribution is -0.116. The normalized spacial score (nSPS) is 11.1. The van der Waals surface area contributed by atoms with E-state index >= 15 is 0 Å². The molecule has 3 heterocycles. The van der Waals surface area contributed by atoms with Crippen molar-refractivity contribution < 1.29 is 9.32 Å². The summed E-state index contributed by atoms with van der Waals surface area (Å²) >= 11 is 0. The van der Waals surface area contributed by atoms with Gasteiger partial charge in [-0.1, -0.05) is 23.4 Å². The van der Waals surface area contributed by atoms with Crippen molar-refractivity contribution in [1.29, 1.82) is 0 Å². The summed E-state index contributed by atoms with van der Waals surface area (Å²) in [6.45, 7) is 5.81. The molecule has 0 aliphatic carbocycles. The number of anilines is 1. The first-order chi connectivity index (χ1) is 13.5. The van der Waals surface area contributed by atoms with E-state index in [1.165, 1.54) is 0 Å². The zero-order valence-electron chi connectivity index (χ0n) is 16.2. The van der Waals surface area contributed by atoms with Crippen LogP contribution in [0.15, 0.2) is 53.3 Å².